The van der Waals surface area contributed by atoms with Crippen molar-refractivity contribution in [2.75, 3.05) is 5.32 Å². The van der Waals surface area contributed by atoms with Crippen LogP contribution in [0.25, 0.3) is 11.3 Å². The zero-order valence-corrected chi connectivity index (χ0v) is 13.4. The first-order chi connectivity index (χ1) is 10.6. The number of carbonyl (C=O) groups is 1. The fourth-order valence-corrected chi connectivity index (χ4v) is 2.89. The second-order valence-electron chi connectivity index (χ2n) is 4.26. The Kier molecular flexibility index (Phi) is 4.37. The molecule has 3 aromatic rings. The van der Waals surface area contributed by atoms with Gasteiger partial charge < -0.3 is 5.32 Å². The van der Waals surface area contributed by atoms with Crippen LogP contribution in [0, 0.1) is 0 Å². The van der Waals surface area contributed by atoms with Gasteiger partial charge in [0, 0.05) is 10.9 Å². The van der Waals surface area contributed by atoms with Crippen molar-refractivity contribution in [2.24, 2.45) is 0 Å². The maximum absolute atomic E-state index is 12.0. The van der Waals surface area contributed by atoms with E-state index < -0.39 is 0 Å². The fourth-order valence-electron chi connectivity index (χ4n) is 1.77. The van der Waals surface area contributed by atoms with E-state index in [1.54, 1.807) is 0 Å². The van der Waals surface area contributed by atoms with Gasteiger partial charge in [0.15, 0.2) is 5.13 Å². The second kappa shape index (κ2) is 6.43. The number of nitrogens with zero attached hydrogens (tertiary/aromatic N) is 4. The Morgan fingerprint density at radius 2 is 2.00 bits per heavy atom. The molecule has 0 atom stereocenters. The maximum Gasteiger partial charge on any atom is 0.248 e. The summed E-state index contributed by atoms with van der Waals surface area (Å²) in [7, 11) is 0. The highest BCUT2D eigenvalue weighted by Gasteiger charge is 2.12. The summed E-state index contributed by atoms with van der Waals surface area (Å²) in [5.74, 6) is -0.308. The summed E-state index contributed by atoms with van der Waals surface area (Å²) in [6.45, 7) is -0.0845. The summed E-state index contributed by atoms with van der Waals surface area (Å²) in [4.78, 5) is 20.0. The van der Waals surface area contributed by atoms with Crippen LogP contribution >= 0.6 is 34.5 Å². The lowest BCUT2D eigenvalue weighted by molar-refractivity contribution is -0.116. The lowest BCUT2D eigenvalue weighted by Crippen LogP contribution is -2.19. The van der Waals surface area contributed by atoms with E-state index in [4.69, 9.17) is 23.2 Å². The SMILES string of the molecule is O=C(Cn1nc(Cl)nc1Cl)Nc1nc(-c2ccccc2)cs1. The molecule has 22 heavy (non-hydrogen) atoms. The largest absolute Gasteiger partial charge is 0.300 e. The normalized spacial score (nSPS) is 10.6. The first-order valence-electron chi connectivity index (χ1n) is 6.18. The maximum atomic E-state index is 12.0. The number of thiazole rings is 1. The van der Waals surface area contributed by atoms with Crippen LogP contribution in [0.4, 0.5) is 5.13 Å². The van der Waals surface area contributed by atoms with Gasteiger partial charge >= 0.3 is 0 Å². The minimum atomic E-state index is -0.308. The predicted octanol–water partition coefficient (Wildman–Crippen LogP) is 3.35. The number of amides is 1. The molecule has 0 fully saturated rings. The van der Waals surface area contributed by atoms with Crippen LogP contribution in [0.5, 0.6) is 0 Å². The van der Waals surface area contributed by atoms with E-state index in [1.165, 1.54) is 16.0 Å². The summed E-state index contributed by atoms with van der Waals surface area (Å²) in [6.07, 6.45) is 0. The van der Waals surface area contributed by atoms with E-state index in [0.717, 1.165) is 11.3 Å². The van der Waals surface area contributed by atoms with Gasteiger partial charge in [-0.25, -0.2) is 9.67 Å². The van der Waals surface area contributed by atoms with E-state index in [-0.39, 0.29) is 23.0 Å². The van der Waals surface area contributed by atoms with E-state index in [1.807, 2.05) is 35.7 Å². The van der Waals surface area contributed by atoms with Crippen LogP contribution in [-0.4, -0.2) is 25.7 Å². The van der Waals surface area contributed by atoms with Crippen LogP contribution in [-0.2, 0) is 11.3 Å². The third-order valence-corrected chi connectivity index (χ3v) is 3.91. The molecule has 9 heteroatoms. The molecule has 2 aromatic heterocycles. The number of benzene rings is 1. The summed E-state index contributed by atoms with van der Waals surface area (Å²) < 4.78 is 1.21. The molecule has 112 valence electrons. The minimum Gasteiger partial charge on any atom is -0.300 e. The Labute approximate surface area is 139 Å². The quantitative estimate of drug-likeness (QED) is 0.780. The highest BCUT2D eigenvalue weighted by Crippen LogP contribution is 2.24. The van der Waals surface area contributed by atoms with Crippen molar-refractivity contribution in [3.05, 3.63) is 46.3 Å². The smallest absolute Gasteiger partial charge is 0.248 e. The highest BCUT2D eigenvalue weighted by molar-refractivity contribution is 7.14. The van der Waals surface area contributed by atoms with Crippen molar-refractivity contribution in [2.45, 2.75) is 6.54 Å². The van der Waals surface area contributed by atoms with Gasteiger partial charge in [-0.1, -0.05) is 30.3 Å². The Morgan fingerprint density at radius 1 is 1.23 bits per heavy atom. The van der Waals surface area contributed by atoms with Crippen LogP contribution in [0.2, 0.25) is 10.6 Å². The Balaban J connectivity index is 1.67. The van der Waals surface area contributed by atoms with Gasteiger partial charge in [0.1, 0.15) is 6.54 Å². The third kappa shape index (κ3) is 3.44. The number of nitrogens with one attached hydrogen (secondary N) is 1. The van der Waals surface area contributed by atoms with Gasteiger partial charge in [0.05, 0.1) is 5.69 Å². The third-order valence-electron chi connectivity index (χ3n) is 2.71. The molecule has 0 bridgehead atoms. The molecule has 0 saturated heterocycles. The summed E-state index contributed by atoms with van der Waals surface area (Å²) in [5.41, 5.74) is 1.80. The van der Waals surface area contributed by atoms with Gasteiger partial charge in [-0.2, -0.15) is 4.98 Å². The van der Waals surface area contributed by atoms with Crippen molar-refractivity contribution < 1.29 is 4.79 Å². The van der Waals surface area contributed by atoms with Crippen molar-refractivity contribution in [3.63, 3.8) is 0 Å². The van der Waals surface area contributed by atoms with Crippen molar-refractivity contribution in [1.29, 1.82) is 0 Å². The zero-order valence-electron chi connectivity index (χ0n) is 11.0. The zero-order chi connectivity index (χ0) is 15.5. The molecule has 1 amide bonds. The lowest BCUT2D eigenvalue weighted by atomic mass is 10.2. The van der Waals surface area contributed by atoms with E-state index >= 15 is 0 Å². The number of hydrogen-bond acceptors (Lipinski definition) is 5. The first-order valence-corrected chi connectivity index (χ1v) is 7.82. The van der Waals surface area contributed by atoms with Crippen LogP contribution in [0.1, 0.15) is 0 Å². The average molecular weight is 354 g/mol. The number of aromatic nitrogens is 4. The molecule has 0 aliphatic heterocycles. The monoisotopic (exact) mass is 353 g/mol. The van der Waals surface area contributed by atoms with E-state index in [9.17, 15) is 4.79 Å². The number of halogens is 2. The summed E-state index contributed by atoms with van der Waals surface area (Å²) in [5, 5.41) is 8.94. The van der Waals surface area contributed by atoms with Crippen molar-refractivity contribution in [3.8, 4) is 11.3 Å². The molecule has 3 rings (SSSR count). The standard InChI is InChI=1S/C13H9Cl2N5OS/c14-11-18-12(15)20(19-11)6-10(21)17-13-16-9(7-22-13)8-4-2-1-3-5-8/h1-5,7H,6H2,(H,16,17,21). The molecule has 1 aromatic carbocycles. The van der Waals surface area contributed by atoms with Crippen LogP contribution in [0.15, 0.2) is 35.7 Å². The topological polar surface area (TPSA) is 72.7 Å². The van der Waals surface area contributed by atoms with Gasteiger partial charge in [0.2, 0.25) is 16.5 Å². The van der Waals surface area contributed by atoms with Crippen LogP contribution in [0.3, 0.4) is 0 Å². The van der Waals surface area contributed by atoms with Gasteiger partial charge in [-0.15, -0.1) is 16.4 Å². The van der Waals surface area contributed by atoms with E-state index in [2.05, 4.69) is 20.4 Å². The molecule has 0 aliphatic rings. The Morgan fingerprint density at radius 3 is 2.68 bits per heavy atom. The Hall–Kier alpha value is -1.96. The molecule has 6 nitrogen and oxygen atoms in total. The van der Waals surface area contributed by atoms with Crippen LogP contribution < -0.4 is 5.32 Å². The van der Waals surface area contributed by atoms with Gasteiger partial charge in [-0.3, -0.25) is 4.79 Å². The predicted molar refractivity (Wildman–Crippen MR) is 86.2 cm³/mol. The number of carbonyl (C=O) groups excluding carboxylic acids is 1. The fraction of sp³-hybridized carbons (Fsp3) is 0.0769. The highest BCUT2D eigenvalue weighted by atomic mass is 35.5. The van der Waals surface area contributed by atoms with Crippen molar-refractivity contribution in [1.82, 2.24) is 19.7 Å². The molecular formula is C13H9Cl2N5OS. The molecule has 0 saturated carbocycles. The molecule has 1 N–H and O–H groups in total. The number of anilines is 1. The summed E-state index contributed by atoms with van der Waals surface area (Å²) >= 11 is 12.7. The van der Waals surface area contributed by atoms with Crippen molar-refractivity contribution >= 4 is 45.6 Å². The average Bonchev–Trinajstić information content (AvgIpc) is 3.07. The lowest BCUT2D eigenvalue weighted by Gasteiger charge is -2.02. The minimum absolute atomic E-state index is 0.00147. The molecule has 0 aliphatic carbocycles. The second-order valence-corrected chi connectivity index (χ2v) is 5.79. The molecule has 0 unspecified atom stereocenters. The number of hydrogen-bond donors (Lipinski definition) is 1. The molecule has 2 heterocycles. The van der Waals surface area contributed by atoms with Gasteiger partial charge in [-0.05, 0) is 23.2 Å². The van der Waals surface area contributed by atoms with Gasteiger partial charge in [0.25, 0.3) is 0 Å². The summed E-state index contributed by atoms with van der Waals surface area (Å²) in [6, 6.07) is 9.72. The number of rotatable bonds is 4. The molecule has 0 radical (unpaired) electrons. The molecule has 0 spiro atoms. The first kappa shape index (κ1) is 15.0. The molecular weight excluding hydrogens is 345 g/mol. The Bertz CT molecular complexity index is 802. The van der Waals surface area contributed by atoms with E-state index in [0.29, 0.717) is 5.13 Å².